The molecule has 0 bridgehead atoms. The van der Waals surface area contributed by atoms with E-state index in [1.54, 1.807) is 18.1 Å². The molecule has 30 heavy (non-hydrogen) atoms. The van der Waals surface area contributed by atoms with E-state index in [0.717, 1.165) is 36.5 Å². The molecule has 0 unspecified atom stereocenters. The lowest BCUT2D eigenvalue weighted by Crippen LogP contribution is -2.45. The second-order valence-electron chi connectivity index (χ2n) is 7.46. The van der Waals surface area contributed by atoms with Crippen LogP contribution < -0.4 is 10.6 Å². The van der Waals surface area contributed by atoms with Crippen LogP contribution in [0, 0.1) is 0 Å². The van der Waals surface area contributed by atoms with Gasteiger partial charge in [0.1, 0.15) is 0 Å². The number of halogens is 2. The predicted octanol–water partition coefficient (Wildman–Crippen LogP) is 3.25. The highest BCUT2D eigenvalue weighted by atomic mass is 127. The van der Waals surface area contributed by atoms with Gasteiger partial charge in [0.05, 0.1) is 6.54 Å². The van der Waals surface area contributed by atoms with Gasteiger partial charge in [-0.3, -0.25) is 14.8 Å². The number of aromatic nitrogens is 1. The van der Waals surface area contributed by atoms with Gasteiger partial charge in [-0.05, 0) is 42.7 Å². The minimum Gasteiger partial charge on any atom is -0.356 e. The summed E-state index contributed by atoms with van der Waals surface area (Å²) < 4.78 is 0. The van der Waals surface area contributed by atoms with Crippen molar-refractivity contribution in [3.8, 4) is 0 Å². The summed E-state index contributed by atoms with van der Waals surface area (Å²) in [4.78, 5) is 22.6. The molecule has 0 saturated heterocycles. The molecule has 8 heteroatoms. The number of carbonyl (C=O) groups excluding carboxylic acids is 1. The summed E-state index contributed by atoms with van der Waals surface area (Å²) in [6, 6.07) is 13.9. The number of pyridine rings is 1. The van der Waals surface area contributed by atoms with Crippen LogP contribution in [0.15, 0.2) is 53.7 Å². The van der Waals surface area contributed by atoms with Gasteiger partial charge in [-0.2, -0.15) is 0 Å². The monoisotopic (exact) mass is 541 g/mol. The van der Waals surface area contributed by atoms with Crippen LogP contribution in [-0.2, 0) is 16.6 Å². The Labute approximate surface area is 200 Å². The summed E-state index contributed by atoms with van der Waals surface area (Å²) in [5.41, 5.74) is 2.33. The van der Waals surface area contributed by atoms with E-state index >= 15 is 0 Å². The zero-order chi connectivity index (χ0) is 20.7. The molecule has 1 saturated carbocycles. The van der Waals surface area contributed by atoms with Crippen molar-refractivity contribution in [2.75, 3.05) is 33.7 Å². The number of amides is 1. The number of nitrogens with one attached hydrogen (secondary N) is 2. The highest BCUT2D eigenvalue weighted by Crippen LogP contribution is 2.48. The molecule has 1 aromatic heterocycles. The maximum atomic E-state index is 12.4. The Balaban J connectivity index is 0.00000320. The number of hydrogen-bond acceptors (Lipinski definition) is 3. The number of aliphatic imine (C=N–C) groups is 1. The highest BCUT2D eigenvalue weighted by molar-refractivity contribution is 14.0. The number of rotatable bonds is 8. The SMILES string of the molecule is CN=C(NCC(=O)N(C)CCc1ccccn1)NCC1(c2cccc(Cl)c2)CC1.I. The average Bonchev–Trinajstić information content (AvgIpc) is 3.54. The molecule has 1 heterocycles. The van der Waals surface area contributed by atoms with Crippen molar-refractivity contribution in [1.29, 1.82) is 0 Å². The summed E-state index contributed by atoms with van der Waals surface area (Å²) in [5, 5.41) is 7.23. The third-order valence-electron chi connectivity index (χ3n) is 5.37. The normalized spacial score (nSPS) is 14.4. The van der Waals surface area contributed by atoms with Crippen LogP contribution >= 0.6 is 35.6 Å². The van der Waals surface area contributed by atoms with E-state index in [2.05, 4.69) is 26.7 Å². The maximum Gasteiger partial charge on any atom is 0.241 e. The van der Waals surface area contributed by atoms with Crippen LogP contribution in [0.5, 0.6) is 0 Å². The molecule has 2 N–H and O–H groups in total. The fraction of sp³-hybridized carbons (Fsp3) is 0.409. The van der Waals surface area contributed by atoms with E-state index in [1.165, 1.54) is 5.56 Å². The molecular formula is C22H29ClIN5O. The zero-order valence-corrected chi connectivity index (χ0v) is 20.5. The number of likely N-dealkylation sites (N-methyl/N-ethyl adjacent to an activating group) is 1. The molecule has 0 atom stereocenters. The van der Waals surface area contributed by atoms with Gasteiger partial charge in [0.25, 0.3) is 0 Å². The number of carbonyl (C=O) groups is 1. The predicted molar refractivity (Wildman–Crippen MR) is 133 cm³/mol. The Bertz CT molecular complexity index is 858. The van der Waals surface area contributed by atoms with Crippen molar-refractivity contribution in [3.05, 3.63) is 64.9 Å². The van der Waals surface area contributed by atoms with Gasteiger partial charge in [0.2, 0.25) is 5.91 Å². The van der Waals surface area contributed by atoms with Crippen molar-refractivity contribution in [2.24, 2.45) is 4.99 Å². The molecule has 1 amide bonds. The molecule has 1 aliphatic carbocycles. The summed E-state index contributed by atoms with van der Waals surface area (Å²) in [5.74, 6) is 0.643. The van der Waals surface area contributed by atoms with Gasteiger partial charge in [-0.1, -0.05) is 29.8 Å². The van der Waals surface area contributed by atoms with Gasteiger partial charge >= 0.3 is 0 Å². The van der Waals surface area contributed by atoms with E-state index in [-0.39, 0.29) is 41.8 Å². The van der Waals surface area contributed by atoms with Gasteiger partial charge in [-0.25, -0.2) is 0 Å². The molecule has 2 aromatic rings. The lowest BCUT2D eigenvalue weighted by atomic mass is 9.96. The van der Waals surface area contributed by atoms with E-state index in [0.29, 0.717) is 12.5 Å². The van der Waals surface area contributed by atoms with E-state index in [1.807, 2.05) is 43.4 Å². The summed E-state index contributed by atoms with van der Waals surface area (Å²) in [6.45, 7) is 1.58. The van der Waals surface area contributed by atoms with Gasteiger partial charge in [-0.15, -0.1) is 24.0 Å². The number of guanidine groups is 1. The number of nitrogens with zero attached hydrogens (tertiary/aromatic N) is 3. The van der Waals surface area contributed by atoms with Crippen molar-refractivity contribution in [1.82, 2.24) is 20.5 Å². The van der Waals surface area contributed by atoms with Gasteiger partial charge in [0, 0.05) is 55.9 Å². The quantitative estimate of drug-likeness (QED) is 0.306. The number of benzene rings is 1. The summed E-state index contributed by atoms with van der Waals surface area (Å²) >= 11 is 6.15. The Morgan fingerprint density at radius 1 is 1.23 bits per heavy atom. The molecule has 3 rings (SSSR count). The third kappa shape index (κ3) is 6.84. The van der Waals surface area contributed by atoms with E-state index in [4.69, 9.17) is 11.6 Å². The first-order valence-corrected chi connectivity index (χ1v) is 10.2. The average molecular weight is 542 g/mol. The molecule has 6 nitrogen and oxygen atoms in total. The molecule has 1 aliphatic rings. The Kier molecular flexibility index (Phi) is 9.36. The second-order valence-corrected chi connectivity index (χ2v) is 7.89. The van der Waals surface area contributed by atoms with Crippen LogP contribution in [0.2, 0.25) is 5.02 Å². The zero-order valence-electron chi connectivity index (χ0n) is 17.4. The van der Waals surface area contributed by atoms with E-state index in [9.17, 15) is 4.79 Å². The Hall–Kier alpha value is -1.87. The van der Waals surface area contributed by atoms with Crippen LogP contribution in [0.4, 0.5) is 0 Å². The van der Waals surface area contributed by atoms with Crippen LogP contribution in [0.25, 0.3) is 0 Å². The second kappa shape index (κ2) is 11.5. The minimum atomic E-state index is 0. The van der Waals surface area contributed by atoms with Crippen LogP contribution in [0.3, 0.4) is 0 Å². The maximum absolute atomic E-state index is 12.4. The number of hydrogen-bond donors (Lipinski definition) is 2. The molecule has 0 spiro atoms. The minimum absolute atomic E-state index is 0. The largest absolute Gasteiger partial charge is 0.356 e. The molecule has 1 fully saturated rings. The van der Waals surface area contributed by atoms with Gasteiger partial charge in [0.15, 0.2) is 5.96 Å². The molecule has 1 aromatic carbocycles. The van der Waals surface area contributed by atoms with Crippen LogP contribution in [0.1, 0.15) is 24.1 Å². The first kappa shape index (κ1) is 24.4. The van der Waals surface area contributed by atoms with Crippen molar-refractivity contribution in [2.45, 2.75) is 24.7 Å². The molecule has 0 radical (unpaired) electrons. The first-order valence-electron chi connectivity index (χ1n) is 9.87. The summed E-state index contributed by atoms with van der Waals surface area (Å²) in [6.07, 6.45) is 4.74. The third-order valence-corrected chi connectivity index (χ3v) is 5.61. The highest BCUT2D eigenvalue weighted by Gasteiger charge is 2.44. The fourth-order valence-electron chi connectivity index (χ4n) is 3.26. The lowest BCUT2D eigenvalue weighted by Gasteiger charge is -2.21. The molecular weight excluding hydrogens is 513 g/mol. The van der Waals surface area contributed by atoms with Crippen LogP contribution in [-0.4, -0.2) is 55.5 Å². The smallest absolute Gasteiger partial charge is 0.241 e. The van der Waals surface area contributed by atoms with Crippen molar-refractivity contribution < 1.29 is 4.79 Å². The van der Waals surface area contributed by atoms with E-state index < -0.39 is 0 Å². The summed E-state index contributed by atoms with van der Waals surface area (Å²) in [7, 11) is 3.52. The molecule has 162 valence electrons. The first-order chi connectivity index (χ1) is 14.0. The Morgan fingerprint density at radius 2 is 2.03 bits per heavy atom. The Morgan fingerprint density at radius 3 is 2.67 bits per heavy atom. The van der Waals surface area contributed by atoms with Crippen molar-refractivity contribution >= 4 is 47.4 Å². The van der Waals surface area contributed by atoms with Crippen molar-refractivity contribution in [3.63, 3.8) is 0 Å². The standard InChI is InChI=1S/C22H28ClN5O.HI/c1-24-21(27-16-22(10-11-22)17-6-5-7-18(23)14-17)26-15-20(29)28(2)13-9-19-8-3-4-12-25-19;/h3-8,12,14H,9-11,13,15-16H2,1-2H3,(H2,24,26,27);1H. The fourth-order valence-corrected chi connectivity index (χ4v) is 3.45. The lowest BCUT2D eigenvalue weighted by molar-refractivity contribution is -0.128. The molecule has 0 aliphatic heterocycles. The topological polar surface area (TPSA) is 69.6 Å². The van der Waals surface area contributed by atoms with Gasteiger partial charge < -0.3 is 15.5 Å².